The summed E-state index contributed by atoms with van der Waals surface area (Å²) in [5.74, 6) is -1.09. The van der Waals surface area contributed by atoms with Crippen molar-refractivity contribution in [1.29, 1.82) is 0 Å². The third-order valence-corrected chi connectivity index (χ3v) is 2.81. The molecule has 0 unspecified atom stereocenters. The highest BCUT2D eigenvalue weighted by atomic mass is 35.5. The van der Waals surface area contributed by atoms with E-state index >= 15 is 0 Å². The zero-order valence-corrected chi connectivity index (χ0v) is 11.1. The maximum Gasteiger partial charge on any atom is 0.335 e. The Labute approximate surface area is 115 Å². The molecule has 0 aliphatic carbocycles. The number of carboxylic acids is 1. The quantitative estimate of drug-likeness (QED) is 0.771. The van der Waals surface area contributed by atoms with Gasteiger partial charge in [-0.3, -0.25) is 0 Å². The minimum absolute atomic E-state index is 0.0469. The first-order chi connectivity index (χ1) is 8.99. The number of nitrogens with one attached hydrogen (secondary N) is 1. The maximum absolute atomic E-state index is 11.8. The van der Waals surface area contributed by atoms with Gasteiger partial charge in [0.2, 0.25) is 0 Å². The summed E-state index contributed by atoms with van der Waals surface area (Å²) in [5.41, 5.74) is 0.374. The monoisotopic (exact) mass is 286 g/mol. The lowest BCUT2D eigenvalue weighted by Crippen LogP contribution is -2.36. The van der Waals surface area contributed by atoms with E-state index < -0.39 is 12.0 Å². The molecule has 7 heteroatoms. The summed E-state index contributed by atoms with van der Waals surface area (Å²) >= 11 is 5.90. The Morgan fingerprint density at radius 2 is 2.11 bits per heavy atom. The minimum atomic E-state index is -1.09. The van der Waals surface area contributed by atoms with Gasteiger partial charge in [0.05, 0.1) is 22.9 Å². The SMILES string of the molecule is CCN(CCO)C(=O)Nc1ccc(C(=O)O)cc1Cl. The number of carbonyl (C=O) groups excluding carboxylic acids is 1. The summed E-state index contributed by atoms with van der Waals surface area (Å²) in [5, 5.41) is 20.3. The van der Waals surface area contributed by atoms with E-state index in [1.807, 2.05) is 0 Å². The molecule has 0 aromatic heterocycles. The van der Waals surface area contributed by atoms with Crippen LogP contribution in [-0.2, 0) is 0 Å². The van der Waals surface area contributed by atoms with Crippen molar-refractivity contribution in [2.24, 2.45) is 0 Å². The highest BCUT2D eigenvalue weighted by molar-refractivity contribution is 6.34. The molecular formula is C12H15ClN2O4. The van der Waals surface area contributed by atoms with Crippen molar-refractivity contribution >= 4 is 29.3 Å². The molecule has 0 heterocycles. The number of aliphatic hydroxyl groups is 1. The Kier molecular flexibility index (Phi) is 5.59. The van der Waals surface area contributed by atoms with Gasteiger partial charge in [-0.05, 0) is 25.1 Å². The van der Waals surface area contributed by atoms with Crippen molar-refractivity contribution in [3.8, 4) is 0 Å². The van der Waals surface area contributed by atoms with Crippen molar-refractivity contribution < 1.29 is 19.8 Å². The second-order valence-corrected chi connectivity index (χ2v) is 4.14. The molecular weight excluding hydrogens is 272 g/mol. The molecule has 0 aliphatic rings. The predicted molar refractivity (Wildman–Crippen MR) is 71.8 cm³/mol. The van der Waals surface area contributed by atoms with Crippen molar-refractivity contribution in [2.45, 2.75) is 6.92 Å². The van der Waals surface area contributed by atoms with E-state index in [2.05, 4.69) is 5.32 Å². The maximum atomic E-state index is 11.8. The van der Waals surface area contributed by atoms with Gasteiger partial charge in [0, 0.05) is 13.1 Å². The number of carboxylic acid groups (broad SMARTS) is 1. The first-order valence-corrected chi connectivity index (χ1v) is 6.07. The van der Waals surface area contributed by atoms with Crippen LogP contribution >= 0.6 is 11.6 Å². The van der Waals surface area contributed by atoms with E-state index in [-0.39, 0.29) is 23.7 Å². The van der Waals surface area contributed by atoms with Crippen LogP contribution in [0.5, 0.6) is 0 Å². The standard InChI is InChI=1S/C12H15ClN2O4/c1-2-15(5-6-16)12(19)14-10-4-3-8(11(17)18)7-9(10)13/h3-4,7,16H,2,5-6H2,1H3,(H,14,19)(H,17,18). The summed E-state index contributed by atoms with van der Waals surface area (Å²) in [6.45, 7) is 2.31. The first kappa shape index (κ1) is 15.3. The highest BCUT2D eigenvalue weighted by Gasteiger charge is 2.13. The zero-order chi connectivity index (χ0) is 14.4. The van der Waals surface area contributed by atoms with Crippen molar-refractivity contribution in [1.82, 2.24) is 4.90 Å². The summed E-state index contributed by atoms with van der Waals surface area (Å²) < 4.78 is 0. The number of anilines is 1. The Bertz CT molecular complexity index is 479. The fourth-order valence-corrected chi connectivity index (χ4v) is 1.70. The van der Waals surface area contributed by atoms with E-state index in [1.165, 1.54) is 23.1 Å². The number of nitrogens with zero attached hydrogens (tertiary/aromatic N) is 1. The zero-order valence-electron chi connectivity index (χ0n) is 10.4. The lowest BCUT2D eigenvalue weighted by atomic mass is 10.2. The Hall–Kier alpha value is -1.79. The Morgan fingerprint density at radius 3 is 2.58 bits per heavy atom. The number of urea groups is 1. The predicted octanol–water partition coefficient (Wildman–Crippen LogP) is 1.88. The number of likely N-dealkylation sites (N-methyl/N-ethyl adjacent to an activating group) is 1. The van der Waals surface area contributed by atoms with E-state index in [0.29, 0.717) is 12.2 Å². The van der Waals surface area contributed by atoms with Gasteiger partial charge in [0.15, 0.2) is 0 Å². The Morgan fingerprint density at radius 1 is 1.42 bits per heavy atom. The third kappa shape index (κ3) is 4.11. The smallest absolute Gasteiger partial charge is 0.335 e. The van der Waals surface area contributed by atoms with Gasteiger partial charge < -0.3 is 20.4 Å². The van der Waals surface area contributed by atoms with Gasteiger partial charge in [-0.15, -0.1) is 0 Å². The molecule has 1 aromatic carbocycles. The van der Waals surface area contributed by atoms with Crippen LogP contribution in [0.1, 0.15) is 17.3 Å². The van der Waals surface area contributed by atoms with Crippen LogP contribution in [0.15, 0.2) is 18.2 Å². The molecule has 0 fully saturated rings. The molecule has 104 valence electrons. The first-order valence-electron chi connectivity index (χ1n) is 5.69. The van der Waals surface area contributed by atoms with Gasteiger partial charge in [-0.2, -0.15) is 0 Å². The average Bonchev–Trinajstić information content (AvgIpc) is 2.37. The van der Waals surface area contributed by atoms with Crippen molar-refractivity contribution in [2.75, 3.05) is 25.0 Å². The molecule has 19 heavy (non-hydrogen) atoms. The molecule has 2 amide bonds. The van der Waals surface area contributed by atoms with Gasteiger partial charge in [-0.25, -0.2) is 9.59 Å². The molecule has 3 N–H and O–H groups in total. The molecule has 0 aliphatic heterocycles. The van der Waals surface area contributed by atoms with Crippen LogP contribution in [0.2, 0.25) is 5.02 Å². The molecule has 0 radical (unpaired) electrons. The van der Waals surface area contributed by atoms with Gasteiger partial charge >= 0.3 is 12.0 Å². The second-order valence-electron chi connectivity index (χ2n) is 3.73. The molecule has 0 saturated carbocycles. The third-order valence-electron chi connectivity index (χ3n) is 2.50. The molecule has 1 aromatic rings. The normalized spacial score (nSPS) is 10.1. The van der Waals surface area contributed by atoms with E-state index in [9.17, 15) is 9.59 Å². The molecule has 0 spiro atoms. The summed E-state index contributed by atoms with van der Waals surface area (Å²) in [6, 6.07) is 3.64. The van der Waals surface area contributed by atoms with E-state index in [1.54, 1.807) is 6.92 Å². The number of hydrogen-bond donors (Lipinski definition) is 3. The van der Waals surface area contributed by atoms with Crippen LogP contribution in [0, 0.1) is 0 Å². The lowest BCUT2D eigenvalue weighted by molar-refractivity contribution is 0.0697. The molecule has 0 bridgehead atoms. The Balaban J connectivity index is 2.82. The topological polar surface area (TPSA) is 89.9 Å². The van der Waals surface area contributed by atoms with Gasteiger partial charge in [0.25, 0.3) is 0 Å². The van der Waals surface area contributed by atoms with E-state index in [4.69, 9.17) is 21.8 Å². The van der Waals surface area contributed by atoms with Crippen LogP contribution in [0.25, 0.3) is 0 Å². The van der Waals surface area contributed by atoms with E-state index in [0.717, 1.165) is 0 Å². The number of halogens is 1. The molecule has 6 nitrogen and oxygen atoms in total. The van der Waals surface area contributed by atoms with Crippen LogP contribution in [-0.4, -0.2) is 46.8 Å². The number of hydrogen-bond acceptors (Lipinski definition) is 3. The van der Waals surface area contributed by atoms with Gasteiger partial charge in [0.1, 0.15) is 0 Å². The summed E-state index contributed by atoms with van der Waals surface area (Å²) in [7, 11) is 0. The van der Waals surface area contributed by atoms with Crippen molar-refractivity contribution in [3.05, 3.63) is 28.8 Å². The fourth-order valence-electron chi connectivity index (χ4n) is 1.47. The lowest BCUT2D eigenvalue weighted by Gasteiger charge is -2.20. The fraction of sp³-hybridized carbons (Fsp3) is 0.333. The average molecular weight is 287 g/mol. The van der Waals surface area contributed by atoms with Crippen LogP contribution < -0.4 is 5.32 Å². The van der Waals surface area contributed by atoms with Crippen LogP contribution in [0.3, 0.4) is 0 Å². The summed E-state index contributed by atoms with van der Waals surface area (Å²) in [4.78, 5) is 24.0. The largest absolute Gasteiger partial charge is 0.478 e. The number of aliphatic hydroxyl groups excluding tert-OH is 1. The number of benzene rings is 1. The minimum Gasteiger partial charge on any atom is -0.478 e. The van der Waals surface area contributed by atoms with Crippen molar-refractivity contribution in [3.63, 3.8) is 0 Å². The van der Waals surface area contributed by atoms with Crippen LogP contribution in [0.4, 0.5) is 10.5 Å². The molecule has 0 atom stereocenters. The van der Waals surface area contributed by atoms with Gasteiger partial charge in [-0.1, -0.05) is 11.6 Å². The number of amides is 2. The molecule has 1 rings (SSSR count). The number of aromatic carboxylic acids is 1. The second kappa shape index (κ2) is 6.96. The highest BCUT2D eigenvalue weighted by Crippen LogP contribution is 2.23. The number of rotatable bonds is 5. The number of carbonyl (C=O) groups is 2. The molecule has 0 saturated heterocycles. The summed E-state index contributed by atoms with van der Waals surface area (Å²) in [6.07, 6.45) is 0.